The number of aromatic nitrogens is 1. The molecule has 0 N–H and O–H groups in total. The predicted octanol–water partition coefficient (Wildman–Crippen LogP) is 4.00. The number of pyridine rings is 1. The largest absolute Gasteiger partial charge is 0.477 e. The molecule has 1 fully saturated rings. The maximum Gasteiger partial charge on any atom is 0.344 e. The third kappa shape index (κ3) is 4.88. The summed E-state index contributed by atoms with van der Waals surface area (Å²) in [4.78, 5) is 31.3. The van der Waals surface area contributed by atoms with Gasteiger partial charge in [-0.3, -0.25) is 4.79 Å². The summed E-state index contributed by atoms with van der Waals surface area (Å²) in [5.74, 6) is -0.607. The molecule has 1 saturated carbocycles. The van der Waals surface area contributed by atoms with Crippen LogP contribution in [0.2, 0.25) is 0 Å². The Bertz CT molecular complexity index is 788. The minimum Gasteiger partial charge on any atom is -0.477 e. The van der Waals surface area contributed by atoms with Gasteiger partial charge in [-0.05, 0) is 44.0 Å². The van der Waals surface area contributed by atoms with Crippen molar-refractivity contribution in [2.24, 2.45) is 0 Å². The van der Waals surface area contributed by atoms with Gasteiger partial charge in [-0.1, -0.05) is 37.5 Å². The Morgan fingerprint density at radius 2 is 1.82 bits per heavy atom. The number of carbonyl (C=O) groups is 2. The number of nitrogens with zero attached hydrogens (tertiary/aromatic N) is 2. The van der Waals surface area contributed by atoms with Gasteiger partial charge < -0.3 is 14.4 Å². The summed E-state index contributed by atoms with van der Waals surface area (Å²) in [5, 5.41) is 0. The van der Waals surface area contributed by atoms with Gasteiger partial charge in [0, 0.05) is 17.9 Å². The van der Waals surface area contributed by atoms with Crippen molar-refractivity contribution in [3.8, 4) is 5.88 Å². The molecule has 1 aliphatic rings. The molecular formula is C22H26N2O4. The van der Waals surface area contributed by atoms with Gasteiger partial charge in [-0.25, -0.2) is 9.78 Å². The van der Waals surface area contributed by atoms with Gasteiger partial charge in [-0.2, -0.15) is 0 Å². The first kappa shape index (κ1) is 19.9. The van der Waals surface area contributed by atoms with E-state index in [4.69, 9.17) is 9.47 Å². The summed E-state index contributed by atoms with van der Waals surface area (Å²) in [6.45, 7) is 1.89. The van der Waals surface area contributed by atoms with Crippen molar-refractivity contribution >= 4 is 17.6 Å². The van der Waals surface area contributed by atoms with E-state index in [1.54, 1.807) is 23.2 Å². The molecule has 6 nitrogen and oxygen atoms in total. The first-order chi connectivity index (χ1) is 13.7. The van der Waals surface area contributed by atoms with Crippen molar-refractivity contribution in [3.63, 3.8) is 0 Å². The van der Waals surface area contributed by atoms with Crippen LogP contribution in [0.1, 0.15) is 49.4 Å². The molecular weight excluding hydrogens is 356 g/mol. The normalized spacial score (nSPS) is 14.3. The van der Waals surface area contributed by atoms with E-state index in [1.165, 1.54) is 6.42 Å². The maximum atomic E-state index is 13.0. The van der Waals surface area contributed by atoms with Crippen molar-refractivity contribution in [2.75, 3.05) is 18.1 Å². The first-order valence-corrected chi connectivity index (χ1v) is 9.82. The van der Waals surface area contributed by atoms with E-state index in [0.717, 1.165) is 31.4 Å². The monoisotopic (exact) mass is 382 g/mol. The van der Waals surface area contributed by atoms with Crippen LogP contribution in [-0.2, 0) is 9.53 Å². The standard InChI is InChI=1S/C22H26N2O4/c1-2-27-21-19(14-9-15-23-21)22(26)28-16-20(25)24(17-10-5-3-6-11-17)18-12-7-4-8-13-18/h3,5-6,9-11,14-15,18H,2,4,7-8,12-13,16H2,1H3. The quantitative estimate of drug-likeness (QED) is 0.677. The highest BCUT2D eigenvalue weighted by Crippen LogP contribution is 2.27. The third-order valence-electron chi connectivity index (χ3n) is 4.84. The lowest BCUT2D eigenvalue weighted by molar-refractivity contribution is -0.122. The zero-order chi connectivity index (χ0) is 19.8. The summed E-state index contributed by atoms with van der Waals surface area (Å²) in [6.07, 6.45) is 6.89. The lowest BCUT2D eigenvalue weighted by Gasteiger charge is -2.34. The molecule has 1 aliphatic carbocycles. The molecule has 6 heteroatoms. The summed E-state index contributed by atoms with van der Waals surface area (Å²) >= 11 is 0. The SMILES string of the molecule is CCOc1ncccc1C(=O)OCC(=O)N(c1ccccc1)C1CCCCC1. The molecule has 0 atom stereocenters. The van der Waals surface area contributed by atoms with Crippen LogP contribution < -0.4 is 9.64 Å². The predicted molar refractivity (Wildman–Crippen MR) is 106 cm³/mol. The third-order valence-corrected chi connectivity index (χ3v) is 4.84. The molecule has 148 valence electrons. The van der Waals surface area contributed by atoms with Crippen molar-refractivity contribution < 1.29 is 19.1 Å². The minimum absolute atomic E-state index is 0.139. The summed E-state index contributed by atoms with van der Waals surface area (Å²) in [5.41, 5.74) is 1.06. The lowest BCUT2D eigenvalue weighted by atomic mass is 9.93. The van der Waals surface area contributed by atoms with Gasteiger partial charge in [-0.15, -0.1) is 0 Å². The average molecular weight is 382 g/mol. The highest BCUT2D eigenvalue weighted by atomic mass is 16.5. The molecule has 0 spiro atoms. The van der Waals surface area contributed by atoms with Gasteiger partial charge >= 0.3 is 5.97 Å². The van der Waals surface area contributed by atoms with Crippen LogP contribution in [0.15, 0.2) is 48.7 Å². The van der Waals surface area contributed by atoms with Gasteiger partial charge in [0.05, 0.1) is 6.61 Å². The fraction of sp³-hybridized carbons (Fsp3) is 0.409. The first-order valence-electron chi connectivity index (χ1n) is 9.82. The Balaban J connectivity index is 1.71. The molecule has 0 unspecified atom stereocenters. The van der Waals surface area contributed by atoms with Crippen molar-refractivity contribution in [3.05, 3.63) is 54.2 Å². The van der Waals surface area contributed by atoms with E-state index >= 15 is 0 Å². The molecule has 2 aromatic rings. The van der Waals surface area contributed by atoms with Crippen LogP contribution in [0, 0.1) is 0 Å². The number of hydrogen-bond acceptors (Lipinski definition) is 5. The second kappa shape index (κ2) is 9.88. The number of rotatable bonds is 7. The molecule has 0 bridgehead atoms. The number of hydrogen-bond donors (Lipinski definition) is 0. The minimum atomic E-state index is -0.610. The fourth-order valence-corrected chi connectivity index (χ4v) is 3.56. The molecule has 1 amide bonds. The average Bonchev–Trinajstić information content (AvgIpc) is 2.74. The second-order valence-electron chi connectivity index (χ2n) is 6.76. The number of para-hydroxylation sites is 1. The molecule has 0 saturated heterocycles. The Kier molecular flexibility index (Phi) is 7.00. The van der Waals surface area contributed by atoms with Crippen LogP contribution in [-0.4, -0.2) is 36.1 Å². The van der Waals surface area contributed by atoms with Crippen LogP contribution in [0.4, 0.5) is 5.69 Å². The summed E-state index contributed by atoms with van der Waals surface area (Å²) in [7, 11) is 0. The Labute approximate surface area is 165 Å². The number of ether oxygens (including phenoxy) is 2. The molecule has 1 aromatic heterocycles. The van der Waals surface area contributed by atoms with E-state index in [1.807, 2.05) is 37.3 Å². The number of benzene rings is 1. The number of amides is 1. The maximum absolute atomic E-state index is 13.0. The van der Waals surface area contributed by atoms with Gasteiger partial charge in [0.2, 0.25) is 5.88 Å². The van der Waals surface area contributed by atoms with E-state index in [-0.39, 0.29) is 30.0 Å². The van der Waals surface area contributed by atoms with E-state index < -0.39 is 5.97 Å². The van der Waals surface area contributed by atoms with Crippen molar-refractivity contribution in [1.29, 1.82) is 0 Å². The fourth-order valence-electron chi connectivity index (χ4n) is 3.56. The van der Waals surface area contributed by atoms with Crippen molar-refractivity contribution in [1.82, 2.24) is 4.98 Å². The Morgan fingerprint density at radius 1 is 1.07 bits per heavy atom. The summed E-state index contributed by atoms with van der Waals surface area (Å²) in [6, 6.07) is 12.9. The number of esters is 1. The molecule has 0 aliphatic heterocycles. The van der Waals surface area contributed by atoms with Crippen LogP contribution >= 0.6 is 0 Å². The van der Waals surface area contributed by atoms with E-state index in [9.17, 15) is 9.59 Å². The molecule has 1 heterocycles. The number of anilines is 1. The molecule has 28 heavy (non-hydrogen) atoms. The van der Waals surface area contributed by atoms with E-state index in [2.05, 4.69) is 4.98 Å². The Hall–Kier alpha value is -2.89. The Morgan fingerprint density at radius 3 is 2.54 bits per heavy atom. The van der Waals surface area contributed by atoms with Crippen LogP contribution in [0.3, 0.4) is 0 Å². The lowest BCUT2D eigenvalue weighted by Crippen LogP contribution is -2.43. The van der Waals surface area contributed by atoms with Crippen molar-refractivity contribution in [2.45, 2.75) is 45.1 Å². The summed E-state index contributed by atoms with van der Waals surface area (Å²) < 4.78 is 10.7. The van der Waals surface area contributed by atoms with Gasteiger partial charge in [0.15, 0.2) is 6.61 Å². The zero-order valence-corrected chi connectivity index (χ0v) is 16.2. The van der Waals surface area contributed by atoms with E-state index in [0.29, 0.717) is 6.61 Å². The molecule has 0 radical (unpaired) electrons. The van der Waals surface area contributed by atoms with Crippen LogP contribution in [0.25, 0.3) is 0 Å². The van der Waals surface area contributed by atoms with Crippen LogP contribution in [0.5, 0.6) is 5.88 Å². The topological polar surface area (TPSA) is 68.7 Å². The second-order valence-corrected chi connectivity index (χ2v) is 6.76. The van der Waals surface area contributed by atoms with Gasteiger partial charge in [0.25, 0.3) is 5.91 Å². The molecule has 3 rings (SSSR count). The highest BCUT2D eigenvalue weighted by Gasteiger charge is 2.28. The van der Waals surface area contributed by atoms with Gasteiger partial charge in [0.1, 0.15) is 5.56 Å². The zero-order valence-electron chi connectivity index (χ0n) is 16.2. The molecule has 1 aromatic carbocycles. The smallest absolute Gasteiger partial charge is 0.344 e. The highest BCUT2D eigenvalue weighted by molar-refractivity contribution is 5.98. The number of carbonyl (C=O) groups excluding carboxylic acids is 2.